The van der Waals surface area contributed by atoms with Crippen LogP contribution in [0.5, 0.6) is 0 Å². The summed E-state index contributed by atoms with van der Waals surface area (Å²) in [5, 5.41) is 11.5. The van der Waals surface area contributed by atoms with E-state index in [0.717, 1.165) is 25.7 Å². The van der Waals surface area contributed by atoms with E-state index >= 15 is 0 Å². The Kier molecular flexibility index (Phi) is 7.33. The number of carbonyl (C=O) groups excluding carboxylic acids is 3. The number of amides is 2. The van der Waals surface area contributed by atoms with Crippen LogP contribution in [0.4, 0.5) is 4.39 Å². The molecule has 2 amide bonds. The van der Waals surface area contributed by atoms with Gasteiger partial charge in [0.05, 0.1) is 12.5 Å². The zero-order valence-corrected chi connectivity index (χ0v) is 16.4. The molecule has 2 aliphatic rings. The molecule has 2 atom stereocenters. The molecule has 29 heavy (non-hydrogen) atoms. The number of halogens is 1. The van der Waals surface area contributed by atoms with Gasteiger partial charge in [-0.2, -0.15) is 0 Å². The minimum absolute atomic E-state index is 0.0433. The highest BCUT2D eigenvalue weighted by atomic mass is 19.1. The molecule has 0 unspecified atom stereocenters. The van der Waals surface area contributed by atoms with Gasteiger partial charge in [0.15, 0.2) is 5.78 Å². The maximum Gasteiger partial charge on any atom is 0.242 e. The molecule has 8 heteroatoms. The summed E-state index contributed by atoms with van der Waals surface area (Å²) in [6.07, 6.45) is 5.70. The molecule has 2 N–H and O–H groups in total. The summed E-state index contributed by atoms with van der Waals surface area (Å²) in [4.78, 5) is 36.9. The molecule has 1 aliphatic carbocycles. The number of nitrogens with one attached hydrogen (secondary N) is 1. The van der Waals surface area contributed by atoms with Gasteiger partial charge >= 0.3 is 0 Å². The molecule has 2 fully saturated rings. The Morgan fingerprint density at radius 2 is 2.07 bits per heavy atom. The van der Waals surface area contributed by atoms with Gasteiger partial charge < -0.3 is 0 Å². The first-order valence-electron chi connectivity index (χ1n) is 10.2. The Hall–Kier alpha value is -2.32. The first kappa shape index (κ1) is 21.4. The van der Waals surface area contributed by atoms with E-state index in [-0.39, 0.29) is 24.7 Å². The first-order chi connectivity index (χ1) is 14.0. The van der Waals surface area contributed by atoms with Crippen molar-refractivity contribution < 1.29 is 24.0 Å². The van der Waals surface area contributed by atoms with Crippen LogP contribution < -0.4 is 5.43 Å². The Morgan fingerprint density at radius 1 is 1.31 bits per heavy atom. The normalized spacial score (nSPS) is 20.6. The Bertz CT molecular complexity index is 738. The molecule has 3 rings (SSSR count). The van der Waals surface area contributed by atoms with Gasteiger partial charge in [-0.3, -0.25) is 24.6 Å². The lowest BCUT2D eigenvalue weighted by Gasteiger charge is -2.30. The molecule has 1 heterocycles. The second kappa shape index (κ2) is 9.93. The molecular weight excluding hydrogens is 377 g/mol. The largest absolute Gasteiger partial charge is 0.297 e. The fourth-order valence-corrected chi connectivity index (χ4v) is 4.43. The summed E-state index contributed by atoms with van der Waals surface area (Å²) in [6, 6.07) is 5.25. The fraction of sp³-hybridized carbons (Fsp3) is 0.571. The van der Waals surface area contributed by atoms with Crippen LogP contribution in [0.1, 0.15) is 44.1 Å². The number of nitrogens with zero attached hydrogens (tertiary/aromatic N) is 2. The monoisotopic (exact) mass is 405 g/mol. The highest BCUT2D eigenvalue weighted by Crippen LogP contribution is 2.31. The molecule has 1 aliphatic heterocycles. The van der Waals surface area contributed by atoms with Crippen molar-refractivity contribution in [3.63, 3.8) is 0 Å². The van der Waals surface area contributed by atoms with Crippen LogP contribution in [-0.4, -0.2) is 52.5 Å². The summed E-state index contributed by atoms with van der Waals surface area (Å²) in [5.41, 5.74) is 3.55. The van der Waals surface area contributed by atoms with Crippen LogP contribution in [0, 0.1) is 17.7 Å². The van der Waals surface area contributed by atoms with Crippen LogP contribution in [-0.2, 0) is 20.8 Å². The average molecular weight is 405 g/mol. The molecule has 0 spiro atoms. The summed E-state index contributed by atoms with van der Waals surface area (Å²) in [7, 11) is 0. The zero-order valence-electron chi connectivity index (χ0n) is 16.4. The van der Waals surface area contributed by atoms with E-state index < -0.39 is 17.8 Å². The van der Waals surface area contributed by atoms with E-state index in [1.807, 2.05) is 0 Å². The predicted molar refractivity (Wildman–Crippen MR) is 103 cm³/mol. The third-order valence-electron chi connectivity index (χ3n) is 5.86. The maximum atomic E-state index is 13.4. The van der Waals surface area contributed by atoms with E-state index in [4.69, 9.17) is 0 Å². The standard InChI is InChI=1S/C21H28FN3O4/c22-18-7-3-6-16(11-18)12-20(27)19-8-9-23-25(19)21(28)17(13-24(29)14-26)10-15-4-1-2-5-15/h3,6-7,11,14-15,17,19,23,29H,1-2,4-5,8-10,12-13H2/t17-,19+/m1/s1. The van der Waals surface area contributed by atoms with E-state index in [2.05, 4.69) is 5.43 Å². The van der Waals surface area contributed by atoms with Crippen LogP contribution >= 0.6 is 0 Å². The Balaban J connectivity index is 1.69. The van der Waals surface area contributed by atoms with Gasteiger partial charge in [-0.05, 0) is 36.5 Å². The van der Waals surface area contributed by atoms with Gasteiger partial charge in [-0.15, -0.1) is 0 Å². The molecule has 158 valence electrons. The van der Waals surface area contributed by atoms with Crippen LogP contribution in [0.3, 0.4) is 0 Å². The quantitative estimate of drug-likeness (QED) is 0.373. The van der Waals surface area contributed by atoms with E-state index in [1.165, 1.54) is 17.1 Å². The molecule has 1 saturated carbocycles. The zero-order chi connectivity index (χ0) is 20.8. The average Bonchev–Trinajstić information content (AvgIpc) is 3.38. The second-order valence-corrected chi connectivity index (χ2v) is 8.00. The molecule has 0 bridgehead atoms. The number of hydroxylamine groups is 2. The number of Topliss-reactive ketones (excluding diaryl/α,β-unsaturated/α-hetero) is 1. The Morgan fingerprint density at radius 3 is 2.76 bits per heavy atom. The van der Waals surface area contributed by atoms with E-state index in [9.17, 15) is 24.0 Å². The van der Waals surface area contributed by atoms with Crippen molar-refractivity contribution in [2.45, 2.75) is 51.0 Å². The number of hydrazine groups is 1. The van der Waals surface area contributed by atoms with Gasteiger partial charge in [0.25, 0.3) is 0 Å². The SMILES string of the molecule is O=CN(O)C[C@@H](CC1CCCC1)C(=O)N1NCC[C@H]1C(=O)Cc1cccc(F)c1. The third-order valence-corrected chi connectivity index (χ3v) is 5.86. The van der Waals surface area contributed by atoms with Crippen molar-refractivity contribution in [3.05, 3.63) is 35.6 Å². The van der Waals surface area contributed by atoms with Gasteiger partial charge in [0, 0.05) is 13.0 Å². The number of benzene rings is 1. The van der Waals surface area contributed by atoms with Crippen molar-refractivity contribution in [2.75, 3.05) is 13.1 Å². The lowest BCUT2D eigenvalue weighted by atomic mass is 9.91. The fourth-order valence-electron chi connectivity index (χ4n) is 4.43. The van der Waals surface area contributed by atoms with Gasteiger partial charge in [-0.25, -0.2) is 14.9 Å². The molecule has 1 saturated heterocycles. The van der Waals surface area contributed by atoms with Gasteiger partial charge in [-0.1, -0.05) is 37.8 Å². The van der Waals surface area contributed by atoms with Crippen molar-refractivity contribution >= 4 is 18.1 Å². The number of ketones is 1. The minimum Gasteiger partial charge on any atom is -0.297 e. The molecule has 1 aromatic rings. The highest BCUT2D eigenvalue weighted by Gasteiger charge is 2.38. The smallest absolute Gasteiger partial charge is 0.242 e. The van der Waals surface area contributed by atoms with Gasteiger partial charge in [0.1, 0.15) is 11.9 Å². The van der Waals surface area contributed by atoms with Gasteiger partial charge in [0.2, 0.25) is 12.3 Å². The summed E-state index contributed by atoms with van der Waals surface area (Å²) in [6.45, 7) is 0.389. The molecule has 0 aromatic heterocycles. The molecule has 1 aromatic carbocycles. The van der Waals surface area contributed by atoms with E-state index in [1.54, 1.807) is 12.1 Å². The molecule has 7 nitrogen and oxygen atoms in total. The minimum atomic E-state index is -0.639. The number of hydrogen-bond acceptors (Lipinski definition) is 5. The van der Waals surface area contributed by atoms with Crippen LogP contribution in [0.2, 0.25) is 0 Å². The molecular formula is C21H28FN3O4. The summed E-state index contributed by atoms with van der Waals surface area (Å²) >= 11 is 0. The maximum absolute atomic E-state index is 13.4. The summed E-state index contributed by atoms with van der Waals surface area (Å²) in [5.74, 6) is -1.05. The highest BCUT2D eigenvalue weighted by molar-refractivity contribution is 5.91. The lowest BCUT2D eigenvalue weighted by Crippen LogP contribution is -2.50. The Labute approximate surface area is 169 Å². The third kappa shape index (κ3) is 5.61. The first-order valence-corrected chi connectivity index (χ1v) is 10.2. The van der Waals surface area contributed by atoms with Crippen molar-refractivity contribution in [3.8, 4) is 0 Å². The number of carbonyl (C=O) groups is 3. The topological polar surface area (TPSA) is 90.0 Å². The lowest BCUT2D eigenvalue weighted by molar-refractivity contribution is -0.159. The van der Waals surface area contributed by atoms with Crippen molar-refractivity contribution in [1.29, 1.82) is 0 Å². The number of hydrogen-bond donors (Lipinski definition) is 2. The summed E-state index contributed by atoms with van der Waals surface area (Å²) < 4.78 is 13.4. The van der Waals surface area contributed by atoms with Crippen molar-refractivity contribution in [1.82, 2.24) is 15.5 Å². The van der Waals surface area contributed by atoms with Crippen LogP contribution in [0.25, 0.3) is 0 Å². The predicted octanol–water partition coefficient (Wildman–Crippen LogP) is 2.09. The van der Waals surface area contributed by atoms with E-state index in [0.29, 0.717) is 42.3 Å². The second-order valence-electron chi connectivity index (χ2n) is 8.00. The molecule has 0 radical (unpaired) electrons. The van der Waals surface area contributed by atoms with Crippen LogP contribution in [0.15, 0.2) is 24.3 Å². The van der Waals surface area contributed by atoms with Crippen molar-refractivity contribution in [2.24, 2.45) is 11.8 Å². The number of rotatable bonds is 9.